The molecule has 0 unspecified atom stereocenters. The average molecular weight is 558 g/mol. The van der Waals surface area contributed by atoms with E-state index in [9.17, 15) is 23.9 Å². The van der Waals surface area contributed by atoms with Gasteiger partial charge in [-0.15, -0.1) is 0 Å². The van der Waals surface area contributed by atoms with E-state index in [1.165, 1.54) is 24.3 Å². The van der Waals surface area contributed by atoms with Gasteiger partial charge in [0, 0.05) is 5.56 Å². The number of carbonyl (C=O) groups is 3. The second-order valence-electron chi connectivity index (χ2n) is 10.00. The van der Waals surface area contributed by atoms with Crippen LogP contribution in [-0.4, -0.2) is 32.2 Å². The van der Waals surface area contributed by atoms with E-state index in [0.717, 1.165) is 16.7 Å². The number of hydrogen-bond acceptors (Lipinski definition) is 4. The zero-order chi connectivity index (χ0) is 29.4. The van der Waals surface area contributed by atoms with Crippen LogP contribution in [0.2, 0.25) is 0 Å². The summed E-state index contributed by atoms with van der Waals surface area (Å²) in [6.07, 6.45) is 1.56. The first kappa shape index (κ1) is 26.6. The van der Waals surface area contributed by atoms with Crippen LogP contribution in [0.3, 0.4) is 0 Å². The number of carboxylic acids is 1. The Morgan fingerprint density at radius 3 is 2.24 bits per heavy atom. The van der Waals surface area contributed by atoms with E-state index in [-0.39, 0.29) is 28.7 Å². The number of hydrogen-bond donors (Lipinski definition) is 2. The molecule has 0 fully saturated rings. The van der Waals surface area contributed by atoms with Crippen LogP contribution >= 0.6 is 0 Å². The van der Waals surface area contributed by atoms with E-state index in [1.807, 2.05) is 36.4 Å². The van der Waals surface area contributed by atoms with Crippen molar-refractivity contribution in [1.82, 2.24) is 14.7 Å². The van der Waals surface area contributed by atoms with Crippen LogP contribution in [-0.2, 0) is 0 Å². The number of aromatic carboxylic acids is 1. The number of benzene rings is 4. The Balaban J connectivity index is 1.42. The number of aromatic nitrogens is 2. The fourth-order valence-corrected chi connectivity index (χ4v) is 5.01. The number of ketones is 1. The molecule has 8 heteroatoms. The van der Waals surface area contributed by atoms with E-state index in [1.54, 1.807) is 60.0 Å². The SMILES string of the molecule is C[C@H](NC(=O)c1cc(-c2ccccc2)cc2cnc(C(=O)c3ccc4cc(F)ccc4c3)n12)c1ccc(C(=O)O)cc1. The molecule has 1 atom stereocenters. The Labute approximate surface area is 239 Å². The summed E-state index contributed by atoms with van der Waals surface area (Å²) in [5.74, 6) is -2.16. The summed E-state index contributed by atoms with van der Waals surface area (Å²) in [4.78, 5) is 43.2. The van der Waals surface area contributed by atoms with Gasteiger partial charge >= 0.3 is 5.97 Å². The number of nitrogens with one attached hydrogen (secondary N) is 1. The lowest BCUT2D eigenvalue weighted by atomic mass is 10.0. The lowest BCUT2D eigenvalue weighted by Gasteiger charge is -2.17. The molecule has 6 rings (SSSR count). The van der Waals surface area contributed by atoms with Gasteiger partial charge in [-0.3, -0.25) is 14.0 Å². The molecular weight excluding hydrogens is 533 g/mol. The van der Waals surface area contributed by atoms with E-state index in [4.69, 9.17) is 0 Å². The highest BCUT2D eigenvalue weighted by Gasteiger charge is 2.23. The first-order valence-corrected chi connectivity index (χ1v) is 13.2. The standard InChI is InChI=1S/C34H24FN3O4/c1-20(21-7-9-23(10-8-21)34(41)42)37-33(40)30-18-27(22-5-3-2-4-6-22)17-29-19-36-32(38(29)30)31(39)26-12-11-25-16-28(35)14-13-24(25)15-26/h2-20H,1H3,(H,37,40)(H,41,42)/t20-/m0/s1. The van der Waals surface area contributed by atoms with Gasteiger partial charge in [0.25, 0.3) is 5.91 Å². The van der Waals surface area contributed by atoms with Crippen LogP contribution in [0.5, 0.6) is 0 Å². The molecule has 0 bridgehead atoms. The van der Waals surface area contributed by atoms with Gasteiger partial charge in [-0.05, 0) is 76.9 Å². The number of rotatable bonds is 7. The zero-order valence-electron chi connectivity index (χ0n) is 22.4. The van der Waals surface area contributed by atoms with E-state index in [0.29, 0.717) is 21.9 Å². The number of pyridine rings is 1. The number of imidazole rings is 1. The van der Waals surface area contributed by atoms with Gasteiger partial charge < -0.3 is 10.4 Å². The molecular formula is C34H24FN3O4. The van der Waals surface area contributed by atoms with Crippen molar-refractivity contribution in [3.63, 3.8) is 0 Å². The first-order valence-electron chi connectivity index (χ1n) is 13.2. The molecule has 0 saturated heterocycles. The van der Waals surface area contributed by atoms with Gasteiger partial charge in [0.05, 0.1) is 23.3 Å². The van der Waals surface area contributed by atoms with Crippen LogP contribution in [0.1, 0.15) is 55.6 Å². The first-order chi connectivity index (χ1) is 20.3. The van der Waals surface area contributed by atoms with E-state index in [2.05, 4.69) is 10.3 Å². The third kappa shape index (κ3) is 5.01. The summed E-state index contributed by atoms with van der Waals surface area (Å²) < 4.78 is 15.2. The maximum absolute atomic E-state index is 13.8. The fourth-order valence-electron chi connectivity index (χ4n) is 5.01. The molecule has 6 aromatic rings. The molecule has 0 aliphatic carbocycles. The molecule has 206 valence electrons. The molecule has 7 nitrogen and oxygen atoms in total. The third-order valence-corrected chi connectivity index (χ3v) is 7.24. The number of amides is 1. The number of nitrogens with zero attached hydrogens (tertiary/aromatic N) is 2. The van der Waals surface area contributed by atoms with E-state index >= 15 is 0 Å². The third-order valence-electron chi connectivity index (χ3n) is 7.24. The van der Waals surface area contributed by atoms with Gasteiger partial charge in [0.1, 0.15) is 11.5 Å². The maximum Gasteiger partial charge on any atom is 0.335 e. The van der Waals surface area contributed by atoms with Crippen molar-refractivity contribution in [3.05, 3.63) is 143 Å². The summed E-state index contributed by atoms with van der Waals surface area (Å²) in [6.45, 7) is 1.80. The minimum Gasteiger partial charge on any atom is -0.478 e. The zero-order valence-corrected chi connectivity index (χ0v) is 22.4. The van der Waals surface area contributed by atoms with Crippen LogP contribution in [0.15, 0.2) is 109 Å². The smallest absolute Gasteiger partial charge is 0.335 e. The summed E-state index contributed by atoms with van der Waals surface area (Å²) in [6, 6.07) is 28.3. The lowest BCUT2D eigenvalue weighted by Crippen LogP contribution is -2.29. The van der Waals surface area contributed by atoms with E-state index < -0.39 is 17.9 Å². The lowest BCUT2D eigenvalue weighted by molar-refractivity contribution is 0.0696. The van der Waals surface area contributed by atoms with Gasteiger partial charge in [0.15, 0.2) is 5.82 Å². The molecule has 0 saturated carbocycles. The quantitative estimate of drug-likeness (QED) is 0.212. The molecule has 0 aliphatic heterocycles. The fraction of sp³-hybridized carbons (Fsp3) is 0.0588. The Morgan fingerprint density at radius 2 is 1.50 bits per heavy atom. The van der Waals surface area contributed by atoms with Gasteiger partial charge in [-0.2, -0.15) is 0 Å². The molecule has 1 amide bonds. The van der Waals surface area contributed by atoms with Crippen LogP contribution in [0.25, 0.3) is 27.4 Å². The summed E-state index contributed by atoms with van der Waals surface area (Å²) in [7, 11) is 0. The summed E-state index contributed by atoms with van der Waals surface area (Å²) in [5, 5.41) is 13.5. The van der Waals surface area contributed by atoms with Crippen LogP contribution < -0.4 is 5.32 Å². The highest BCUT2D eigenvalue weighted by molar-refractivity contribution is 6.10. The Bertz CT molecular complexity index is 2000. The van der Waals surface area contributed by atoms with Gasteiger partial charge in [-0.1, -0.05) is 60.7 Å². The molecule has 2 N–H and O–H groups in total. The molecule has 4 aromatic carbocycles. The highest BCUT2D eigenvalue weighted by atomic mass is 19.1. The van der Waals surface area contributed by atoms with Crippen molar-refractivity contribution in [2.75, 3.05) is 0 Å². The minimum atomic E-state index is -1.03. The molecule has 0 aliphatic rings. The monoisotopic (exact) mass is 557 g/mol. The van der Waals surface area contributed by atoms with Crippen molar-refractivity contribution in [2.45, 2.75) is 13.0 Å². The predicted molar refractivity (Wildman–Crippen MR) is 157 cm³/mol. The largest absolute Gasteiger partial charge is 0.478 e. The second-order valence-corrected chi connectivity index (χ2v) is 10.00. The van der Waals surface area contributed by atoms with Crippen molar-refractivity contribution in [3.8, 4) is 11.1 Å². The molecule has 2 aromatic heterocycles. The summed E-state index contributed by atoms with van der Waals surface area (Å²) >= 11 is 0. The predicted octanol–water partition coefficient (Wildman–Crippen LogP) is 6.71. The Morgan fingerprint density at radius 1 is 0.810 bits per heavy atom. The number of fused-ring (bicyclic) bond motifs is 2. The Hall–Kier alpha value is -5.63. The highest BCUT2D eigenvalue weighted by Crippen LogP contribution is 2.26. The summed E-state index contributed by atoms with van der Waals surface area (Å²) in [5.41, 5.74) is 3.66. The molecule has 0 spiro atoms. The second kappa shape index (κ2) is 10.7. The van der Waals surface area contributed by atoms with Gasteiger partial charge in [-0.25, -0.2) is 14.2 Å². The topological polar surface area (TPSA) is 101 Å². The number of carbonyl (C=O) groups excluding carboxylic acids is 2. The minimum absolute atomic E-state index is 0.0645. The van der Waals surface area contributed by atoms with Gasteiger partial charge in [0.2, 0.25) is 5.78 Å². The Kier molecular flexibility index (Phi) is 6.80. The van der Waals surface area contributed by atoms with Crippen LogP contribution in [0.4, 0.5) is 4.39 Å². The molecule has 0 radical (unpaired) electrons. The average Bonchev–Trinajstić information content (AvgIpc) is 3.44. The van der Waals surface area contributed by atoms with Crippen molar-refractivity contribution >= 4 is 33.9 Å². The number of carboxylic acid groups (broad SMARTS) is 1. The normalized spacial score (nSPS) is 11.9. The molecule has 42 heavy (non-hydrogen) atoms. The number of halogens is 1. The van der Waals surface area contributed by atoms with Crippen molar-refractivity contribution < 1.29 is 23.9 Å². The molecule has 2 heterocycles. The van der Waals surface area contributed by atoms with Crippen molar-refractivity contribution in [2.24, 2.45) is 0 Å². The maximum atomic E-state index is 13.8. The van der Waals surface area contributed by atoms with Crippen LogP contribution in [0, 0.1) is 5.82 Å². The van der Waals surface area contributed by atoms with Crippen molar-refractivity contribution in [1.29, 1.82) is 0 Å².